The molecule has 3 aromatic carbocycles. The van der Waals surface area contributed by atoms with Gasteiger partial charge in [-0.3, -0.25) is 10.1 Å². The number of rotatable bonds is 12. The maximum Gasteiger partial charge on any atom is 0.338 e. The van der Waals surface area contributed by atoms with E-state index >= 15 is 0 Å². The number of carbonyl (C=O) groups excluding carboxylic acids is 1. The summed E-state index contributed by atoms with van der Waals surface area (Å²) in [5.74, 6) is 0.855. The molecule has 3 N–H and O–H groups in total. The maximum atomic E-state index is 10.8. The molecule has 1 atom stereocenters. The van der Waals surface area contributed by atoms with Crippen molar-refractivity contribution in [2.24, 2.45) is 5.73 Å². The molecule has 0 saturated carbocycles. The summed E-state index contributed by atoms with van der Waals surface area (Å²) in [4.78, 5) is 15.9. The fourth-order valence-electron chi connectivity index (χ4n) is 4.91. The first-order chi connectivity index (χ1) is 18.5. The quantitative estimate of drug-likeness (QED) is 0.167. The summed E-state index contributed by atoms with van der Waals surface area (Å²) < 4.78 is 5.95. The van der Waals surface area contributed by atoms with Crippen LogP contribution in [0.4, 0.5) is 4.79 Å². The van der Waals surface area contributed by atoms with Gasteiger partial charge >= 0.3 is 6.03 Å². The lowest BCUT2D eigenvalue weighted by molar-refractivity contribution is -0.0398. The number of urea groups is 1. The second kappa shape index (κ2) is 15.5. The van der Waals surface area contributed by atoms with E-state index in [1.54, 1.807) is 0 Å². The summed E-state index contributed by atoms with van der Waals surface area (Å²) in [7, 11) is 0. The van der Waals surface area contributed by atoms with Crippen molar-refractivity contribution in [1.82, 2.24) is 14.9 Å². The SMILES string of the molecule is C.NC(=O)N(O)CCCc1ccc(OCCCN2CCN([C@H](c3ccccc3)c3ccc(Cl)cc3)CC2)cc1. The molecule has 3 aromatic rings. The molecule has 0 spiro atoms. The van der Waals surface area contributed by atoms with E-state index in [0.717, 1.165) is 61.9 Å². The van der Waals surface area contributed by atoms with Crippen LogP contribution in [0.5, 0.6) is 5.75 Å². The summed E-state index contributed by atoms with van der Waals surface area (Å²) in [6, 6.07) is 26.3. The van der Waals surface area contributed by atoms with Crippen LogP contribution in [0.15, 0.2) is 78.9 Å². The third-order valence-corrected chi connectivity index (χ3v) is 7.23. The summed E-state index contributed by atoms with van der Waals surface area (Å²) in [5.41, 5.74) is 8.73. The Morgan fingerprint density at radius 3 is 2.21 bits per heavy atom. The Balaban J connectivity index is 0.00000420. The zero-order valence-corrected chi connectivity index (χ0v) is 22.5. The molecule has 1 saturated heterocycles. The maximum absolute atomic E-state index is 10.8. The molecule has 39 heavy (non-hydrogen) atoms. The number of nitrogens with two attached hydrogens (primary N) is 1. The Bertz CT molecular complexity index is 1120. The number of aryl methyl sites for hydroxylation is 1. The van der Waals surface area contributed by atoms with Crippen LogP contribution < -0.4 is 10.5 Å². The minimum atomic E-state index is -0.829. The van der Waals surface area contributed by atoms with Crippen LogP contribution in [0.25, 0.3) is 0 Å². The van der Waals surface area contributed by atoms with Crippen molar-refractivity contribution < 1.29 is 14.7 Å². The Morgan fingerprint density at radius 1 is 0.923 bits per heavy atom. The van der Waals surface area contributed by atoms with Crippen LogP contribution in [-0.2, 0) is 6.42 Å². The zero-order chi connectivity index (χ0) is 26.7. The normalized spacial score (nSPS) is 14.8. The summed E-state index contributed by atoms with van der Waals surface area (Å²) in [6.45, 7) is 6.00. The van der Waals surface area contributed by atoms with Crippen molar-refractivity contribution in [2.75, 3.05) is 45.9 Å². The number of benzene rings is 3. The first kappa shape index (κ1) is 30.4. The standard InChI is InChI=1S/C30H37ClN4O3.CH4/c31-27-13-11-26(12-14-27)29(25-7-2-1-3-8-25)34-21-19-33(20-22-34)17-5-23-38-28-15-9-24(10-16-28)6-4-18-35(37)30(32)36;/h1-3,7-16,29,37H,4-6,17-23H2,(H2,32,36);1H4/t29-;/m1./s1. The number of primary amides is 1. The Hall–Kier alpha value is -3.10. The predicted molar refractivity (Wildman–Crippen MR) is 157 cm³/mol. The molecule has 1 aliphatic heterocycles. The van der Waals surface area contributed by atoms with Gasteiger partial charge in [0.2, 0.25) is 0 Å². The summed E-state index contributed by atoms with van der Waals surface area (Å²) >= 11 is 6.16. The number of hydrogen-bond donors (Lipinski definition) is 2. The van der Waals surface area contributed by atoms with Gasteiger partial charge in [0.05, 0.1) is 19.2 Å². The minimum absolute atomic E-state index is 0. The van der Waals surface area contributed by atoms with Gasteiger partial charge in [0, 0.05) is 37.7 Å². The zero-order valence-electron chi connectivity index (χ0n) is 21.7. The van der Waals surface area contributed by atoms with Crippen LogP contribution in [0, 0.1) is 0 Å². The monoisotopic (exact) mass is 552 g/mol. The average Bonchev–Trinajstić information content (AvgIpc) is 2.94. The Labute approximate surface area is 237 Å². The van der Waals surface area contributed by atoms with Crippen LogP contribution >= 0.6 is 11.6 Å². The Morgan fingerprint density at radius 2 is 1.56 bits per heavy atom. The Kier molecular flexibility index (Phi) is 12.1. The average molecular weight is 553 g/mol. The van der Waals surface area contributed by atoms with E-state index in [0.29, 0.717) is 18.1 Å². The van der Waals surface area contributed by atoms with Crippen molar-refractivity contribution in [3.63, 3.8) is 0 Å². The van der Waals surface area contributed by atoms with E-state index in [-0.39, 0.29) is 20.0 Å². The van der Waals surface area contributed by atoms with Crippen LogP contribution in [0.3, 0.4) is 0 Å². The van der Waals surface area contributed by atoms with Gasteiger partial charge in [-0.15, -0.1) is 0 Å². The van der Waals surface area contributed by atoms with Crippen molar-refractivity contribution in [3.05, 3.63) is 101 Å². The van der Waals surface area contributed by atoms with Gasteiger partial charge in [-0.1, -0.05) is 73.6 Å². The molecule has 0 aromatic heterocycles. The number of carbonyl (C=O) groups is 1. The van der Waals surface area contributed by atoms with Gasteiger partial charge in [0.1, 0.15) is 5.75 Å². The number of amides is 2. The number of nitrogens with zero attached hydrogens (tertiary/aromatic N) is 3. The van der Waals surface area contributed by atoms with E-state index in [1.807, 2.05) is 36.4 Å². The smallest absolute Gasteiger partial charge is 0.338 e. The lowest BCUT2D eigenvalue weighted by atomic mass is 9.96. The highest BCUT2D eigenvalue weighted by atomic mass is 35.5. The van der Waals surface area contributed by atoms with Gasteiger partial charge in [0.25, 0.3) is 0 Å². The van der Waals surface area contributed by atoms with E-state index in [4.69, 9.17) is 22.1 Å². The van der Waals surface area contributed by atoms with E-state index < -0.39 is 6.03 Å². The molecule has 1 aliphatic rings. The highest BCUT2D eigenvalue weighted by Gasteiger charge is 2.26. The van der Waals surface area contributed by atoms with Crippen molar-refractivity contribution in [2.45, 2.75) is 32.7 Å². The van der Waals surface area contributed by atoms with Gasteiger partial charge in [0.15, 0.2) is 0 Å². The molecule has 1 fully saturated rings. The third kappa shape index (κ3) is 9.25. The topological polar surface area (TPSA) is 82.3 Å². The first-order valence-corrected chi connectivity index (χ1v) is 13.6. The number of piperazine rings is 1. The molecule has 0 aliphatic carbocycles. The highest BCUT2D eigenvalue weighted by Crippen LogP contribution is 2.30. The lowest BCUT2D eigenvalue weighted by Crippen LogP contribution is -2.48. The lowest BCUT2D eigenvalue weighted by Gasteiger charge is -2.39. The minimum Gasteiger partial charge on any atom is -0.494 e. The highest BCUT2D eigenvalue weighted by molar-refractivity contribution is 6.30. The van der Waals surface area contributed by atoms with E-state index in [2.05, 4.69) is 52.3 Å². The number of halogens is 1. The van der Waals surface area contributed by atoms with Gasteiger partial charge in [-0.2, -0.15) is 0 Å². The fraction of sp³-hybridized carbons (Fsp3) is 0.387. The number of ether oxygens (including phenoxy) is 1. The second-order valence-corrected chi connectivity index (χ2v) is 10.1. The van der Waals surface area contributed by atoms with Crippen molar-refractivity contribution in [3.8, 4) is 5.75 Å². The van der Waals surface area contributed by atoms with Crippen LogP contribution in [0.2, 0.25) is 5.02 Å². The van der Waals surface area contributed by atoms with Gasteiger partial charge in [-0.05, 0) is 60.2 Å². The summed E-state index contributed by atoms with van der Waals surface area (Å²) in [5, 5.41) is 10.6. The van der Waals surface area contributed by atoms with Crippen LogP contribution in [0.1, 0.15) is 43.0 Å². The fourth-order valence-corrected chi connectivity index (χ4v) is 5.04. The number of hydrogen-bond acceptors (Lipinski definition) is 5. The van der Waals surface area contributed by atoms with E-state index in [9.17, 15) is 10.0 Å². The van der Waals surface area contributed by atoms with Crippen molar-refractivity contribution >= 4 is 17.6 Å². The molecular weight excluding hydrogens is 512 g/mol. The summed E-state index contributed by atoms with van der Waals surface area (Å²) in [6.07, 6.45) is 2.36. The first-order valence-electron chi connectivity index (χ1n) is 13.2. The predicted octanol–water partition coefficient (Wildman–Crippen LogP) is 5.85. The van der Waals surface area contributed by atoms with Gasteiger partial charge < -0.3 is 15.4 Å². The molecule has 8 heteroatoms. The van der Waals surface area contributed by atoms with Crippen LogP contribution in [-0.4, -0.2) is 72.0 Å². The molecule has 1 heterocycles. The molecule has 0 bridgehead atoms. The molecule has 7 nitrogen and oxygen atoms in total. The largest absolute Gasteiger partial charge is 0.494 e. The molecule has 210 valence electrons. The second-order valence-electron chi connectivity index (χ2n) is 9.65. The molecule has 4 rings (SSSR count). The molecule has 0 unspecified atom stereocenters. The molecule has 2 amide bonds. The van der Waals surface area contributed by atoms with Crippen molar-refractivity contribution in [1.29, 1.82) is 0 Å². The third-order valence-electron chi connectivity index (χ3n) is 6.97. The molecular formula is C31H41ClN4O3. The van der Waals surface area contributed by atoms with E-state index in [1.165, 1.54) is 11.1 Å². The molecule has 0 radical (unpaired) electrons. The number of hydroxylamine groups is 2. The van der Waals surface area contributed by atoms with Gasteiger partial charge in [-0.25, -0.2) is 9.86 Å².